The van der Waals surface area contributed by atoms with Crippen molar-refractivity contribution in [3.63, 3.8) is 0 Å². The van der Waals surface area contributed by atoms with E-state index in [0.29, 0.717) is 12.8 Å². The summed E-state index contributed by atoms with van der Waals surface area (Å²) in [6, 6.07) is 0. The lowest BCUT2D eigenvalue weighted by atomic mass is 9.99. The Kier molecular flexibility index (Phi) is 11.7. The van der Waals surface area contributed by atoms with Gasteiger partial charge >= 0.3 is 0 Å². The highest BCUT2D eigenvalue weighted by Crippen LogP contribution is 2.23. The molecule has 0 unspecified atom stereocenters. The fourth-order valence-corrected chi connectivity index (χ4v) is 2.35. The number of hydrogen-bond acceptors (Lipinski definition) is 8. The average Bonchev–Trinajstić information content (AvgIpc) is 2.69. The standard InChI is InChI=1S/C20H28O8/c1-2-3-4-5-7-10-14(23)15(11-8-6-9-12-21)27-20-19(26)18(25)17(24)16(13-22)28-20/h2-3,8,11,14-26H,6,9,12-13H2,1H3/t14-,15-,16+,17+,18-,19+,20+/m0/s1. The van der Waals surface area contributed by atoms with Gasteiger partial charge in [0.1, 0.15) is 36.6 Å². The lowest BCUT2D eigenvalue weighted by Crippen LogP contribution is -2.60. The molecule has 7 atom stereocenters. The van der Waals surface area contributed by atoms with E-state index in [1.807, 2.05) is 0 Å². The van der Waals surface area contributed by atoms with Crippen molar-refractivity contribution in [1.82, 2.24) is 0 Å². The van der Waals surface area contributed by atoms with Crippen LogP contribution in [0, 0.1) is 23.7 Å². The molecule has 0 aromatic heterocycles. The Balaban J connectivity index is 2.92. The molecule has 156 valence electrons. The fourth-order valence-electron chi connectivity index (χ4n) is 2.35. The second-order valence-corrected chi connectivity index (χ2v) is 6.08. The van der Waals surface area contributed by atoms with Gasteiger partial charge in [-0.25, -0.2) is 0 Å². The maximum atomic E-state index is 10.3. The van der Waals surface area contributed by atoms with Crippen LogP contribution in [0.25, 0.3) is 0 Å². The van der Waals surface area contributed by atoms with E-state index in [1.165, 1.54) is 6.08 Å². The summed E-state index contributed by atoms with van der Waals surface area (Å²) in [5.41, 5.74) is 0. The molecular weight excluding hydrogens is 368 g/mol. The van der Waals surface area contributed by atoms with Gasteiger partial charge in [-0.1, -0.05) is 30.1 Å². The second-order valence-electron chi connectivity index (χ2n) is 6.08. The van der Waals surface area contributed by atoms with Crippen LogP contribution in [-0.2, 0) is 9.47 Å². The van der Waals surface area contributed by atoms with Crippen LogP contribution in [0.15, 0.2) is 24.3 Å². The molecule has 8 nitrogen and oxygen atoms in total. The molecule has 1 rings (SSSR count). The molecule has 0 bridgehead atoms. The van der Waals surface area contributed by atoms with Crippen molar-refractivity contribution < 1.29 is 40.1 Å². The summed E-state index contributed by atoms with van der Waals surface area (Å²) in [7, 11) is 0. The molecule has 0 aliphatic carbocycles. The first-order valence-electron chi connectivity index (χ1n) is 9.00. The van der Waals surface area contributed by atoms with Gasteiger partial charge in [0.2, 0.25) is 0 Å². The molecule has 0 amide bonds. The summed E-state index contributed by atoms with van der Waals surface area (Å²) in [6.45, 7) is 1.22. The van der Waals surface area contributed by atoms with Gasteiger partial charge in [0.15, 0.2) is 6.29 Å². The zero-order valence-corrected chi connectivity index (χ0v) is 15.7. The monoisotopic (exact) mass is 396 g/mol. The summed E-state index contributed by atoms with van der Waals surface area (Å²) >= 11 is 0. The predicted molar refractivity (Wildman–Crippen MR) is 100 cm³/mol. The topological polar surface area (TPSA) is 140 Å². The summed E-state index contributed by atoms with van der Waals surface area (Å²) in [6.07, 6.45) is -2.07. The molecule has 1 heterocycles. The van der Waals surface area contributed by atoms with Gasteiger partial charge in [0.05, 0.1) is 6.61 Å². The smallest absolute Gasteiger partial charge is 0.187 e. The van der Waals surface area contributed by atoms with Gasteiger partial charge in [-0.2, -0.15) is 0 Å². The highest BCUT2D eigenvalue weighted by Gasteiger charge is 2.45. The largest absolute Gasteiger partial charge is 0.396 e. The van der Waals surface area contributed by atoms with Crippen molar-refractivity contribution >= 4 is 0 Å². The maximum Gasteiger partial charge on any atom is 0.187 e. The van der Waals surface area contributed by atoms with E-state index in [0.717, 1.165) is 0 Å². The van der Waals surface area contributed by atoms with Crippen molar-refractivity contribution in [3.05, 3.63) is 24.3 Å². The van der Waals surface area contributed by atoms with Crippen LogP contribution >= 0.6 is 0 Å². The molecule has 1 saturated heterocycles. The Bertz CT molecular complexity index is 622. The van der Waals surface area contributed by atoms with E-state index in [4.69, 9.17) is 14.6 Å². The molecule has 0 radical (unpaired) electrons. The highest BCUT2D eigenvalue weighted by atomic mass is 16.7. The quantitative estimate of drug-likeness (QED) is 0.165. The minimum absolute atomic E-state index is 0.00543. The normalized spacial score (nSPS) is 29.8. The predicted octanol–water partition coefficient (Wildman–Crippen LogP) is -1.56. The number of ether oxygens (including phenoxy) is 2. The van der Waals surface area contributed by atoms with Gasteiger partial charge in [0, 0.05) is 6.61 Å². The molecule has 0 spiro atoms. The first-order chi connectivity index (χ1) is 13.5. The third kappa shape index (κ3) is 7.72. The van der Waals surface area contributed by atoms with Gasteiger partial charge in [-0.3, -0.25) is 0 Å². The molecule has 0 aromatic rings. The van der Waals surface area contributed by atoms with Crippen molar-refractivity contribution in [1.29, 1.82) is 0 Å². The molecule has 6 N–H and O–H groups in total. The van der Waals surface area contributed by atoms with E-state index in [1.54, 1.807) is 25.2 Å². The molecule has 1 fully saturated rings. The highest BCUT2D eigenvalue weighted by molar-refractivity contribution is 5.32. The Hall–Kier alpha value is -1.72. The van der Waals surface area contributed by atoms with Gasteiger partial charge in [-0.05, 0) is 37.7 Å². The zero-order chi connectivity index (χ0) is 20.9. The molecule has 8 heteroatoms. The number of allylic oxidation sites excluding steroid dienone is 3. The Morgan fingerprint density at radius 3 is 2.50 bits per heavy atom. The number of unbranched alkanes of at least 4 members (excludes halogenated alkanes) is 1. The van der Waals surface area contributed by atoms with E-state index in [2.05, 4.69) is 23.7 Å². The van der Waals surface area contributed by atoms with E-state index < -0.39 is 49.5 Å². The van der Waals surface area contributed by atoms with Gasteiger partial charge < -0.3 is 40.1 Å². The van der Waals surface area contributed by atoms with Crippen molar-refractivity contribution in [2.75, 3.05) is 13.2 Å². The summed E-state index contributed by atoms with van der Waals surface area (Å²) in [4.78, 5) is 0. The van der Waals surface area contributed by atoms with Crippen molar-refractivity contribution in [2.45, 2.75) is 62.7 Å². The Labute approximate surface area is 164 Å². The van der Waals surface area contributed by atoms with E-state index >= 15 is 0 Å². The summed E-state index contributed by atoms with van der Waals surface area (Å²) in [5.74, 6) is 10.2. The van der Waals surface area contributed by atoms with Gasteiger partial charge in [-0.15, -0.1) is 0 Å². The second kappa shape index (κ2) is 13.5. The van der Waals surface area contributed by atoms with Crippen LogP contribution in [0.1, 0.15) is 19.8 Å². The van der Waals surface area contributed by atoms with Crippen LogP contribution in [-0.4, -0.2) is 86.8 Å². The SMILES string of the molecule is CC=CC#CC#C[C@H](O)[C@H](C=CCCCO)O[C@@H]1O[C@H](CO)[C@@H](O)[C@H](O)[C@H]1O. The van der Waals surface area contributed by atoms with Crippen LogP contribution < -0.4 is 0 Å². The molecular formula is C20H28O8. The van der Waals surface area contributed by atoms with Crippen molar-refractivity contribution in [2.24, 2.45) is 0 Å². The lowest BCUT2D eigenvalue weighted by Gasteiger charge is -2.40. The Morgan fingerprint density at radius 2 is 1.86 bits per heavy atom. The number of rotatable bonds is 8. The third-order valence-corrected chi connectivity index (χ3v) is 3.91. The minimum atomic E-state index is -1.60. The third-order valence-electron chi connectivity index (χ3n) is 3.91. The molecule has 1 aliphatic heterocycles. The van der Waals surface area contributed by atoms with E-state index in [9.17, 15) is 25.5 Å². The van der Waals surface area contributed by atoms with Crippen LogP contribution in [0.5, 0.6) is 0 Å². The minimum Gasteiger partial charge on any atom is -0.396 e. The first-order valence-corrected chi connectivity index (χ1v) is 9.00. The average molecular weight is 396 g/mol. The number of aliphatic hydroxyl groups excluding tert-OH is 6. The van der Waals surface area contributed by atoms with Crippen LogP contribution in [0.4, 0.5) is 0 Å². The van der Waals surface area contributed by atoms with E-state index in [-0.39, 0.29) is 6.61 Å². The summed E-state index contributed by atoms with van der Waals surface area (Å²) < 4.78 is 10.9. The fraction of sp³-hybridized carbons (Fsp3) is 0.600. The molecule has 0 aromatic carbocycles. The lowest BCUT2D eigenvalue weighted by molar-refractivity contribution is -0.311. The maximum absolute atomic E-state index is 10.3. The number of aliphatic hydroxyl groups is 6. The zero-order valence-electron chi connectivity index (χ0n) is 15.7. The summed E-state index contributed by atoms with van der Waals surface area (Å²) in [5, 5.41) is 58.2. The Morgan fingerprint density at radius 1 is 1.11 bits per heavy atom. The van der Waals surface area contributed by atoms with Crippen molar-refractivity contribution in [3.8, 4) is 23.7 Å². The molecule has 28 heavy (non-hydrogen) atoms. The molecule has 0 saturated carbocycles. The van der Waals surface area contributed by atoms with Crippen LogP contribution in [0.2, 0.25) is 0 Å². The molecule has 1 aliphatic rings. The number of hydrogen-bond donors (Lipinski definition) is 6. The van der Waals surface area contributed by atoms with Crippen LogP contribution in [0.3, 0.4) is 0 Å². The van der Waals surface area contributed by atoms with Gasteiger partial charge in [0.25, 0.3) is 0 Å². The first kappa shape index (κ1) is 24.3.